The van der Waals surface area contributed by atoms with Gasteiger partial charge in [0.15, 0.2) is 0 Å². The minimum Gasteiger partial charge on any atom is -0.390 e. The average Bonchev–Trinajstić information content (AvgIpc) is 2.67. The number of hydrogen-bond acceptors (Lipinski definition) is 3. The average molecular weight is 211 g/mol. The van der Waals surface area contributed by atoms with Crippen LogP contribution in [0, 0.1) is 0 Å². The molecule has 1 aromatic carbocycles. The Balaban J connectivity index is 2.22. The number of nitrogens with zero attached hydrogens (tertiary/aromatic N) is 1. The van der Waals surface area contributed by atoms with Gasteiger partial charge in [0.25, 0.3) is 0 Å². The summed E-state index contributed by atoms with van der Waals surface area (Å²) >= 11 is 6.03. The molecule has 0 radical (unpaired) electrons. The molecule has 74 valence electrons. The van der Waals surface area contributed by atoms with Gasteiger partial charge in [-0.1, -0.05) is 35.0 Å². The fraction of sp³-hybridized carbons (Fsp3) is 0.300. The molecule has 3 nitrogen and oxygen atoms in total. The predicted octanol–water partition coefficient (Wildman–Crippen LogP) is 1.79. The normalized spacial score (nSPS) is 20.4. The lowest BCUT2D eigenvalue weighted by Gasteiger charge is -2.03. The third kappa shape index (κ3) is 1.74. The van der Waals surface area contributed by atoms with Crippen molar-refractivity contribution in [3.8, 4) is 0 Å². The van der Waals surface area contributed by atoms with E-state index < -0.39 is 0 Å². The van der Waals surface area contributed by atoms with Crippen molar-refractivity contribution in [1.29, 1.82) is 0 Å². The summed E-state index contributed by atoms with van der Waals surface area (Å²) in [4.78, 5) is 5.13. The molecule has 14 heavy (non-hydrogen) atoms. The highest BCUT2D eigenvalue weighted by molar-refractivity contribution is 6.34. The molecule has 0 aliphatic carbocycles. The van der Waals surface area contributed by atoms with Crippen LogP contribution in [0.5, 0.6) is 0 Å². The highest BCUT2D eigenvalue weighted by atomic mass is 35.5. The van der Waals surface area contributed by atoms with Gasteiger partial charge < -0.3 is 10.6 Å². The first-order valence-electron chi connectivity index (χ1n) is 4.49. The minimum atomic E-state index is 0.00118. The fourth-order valence-corrected chi connectivity index (χ4v) is 1.65. The van der Waals surface area contributed by atoms with Crippen molar-refractivity contribution >= 4 is 17.3 Å². The molecule has 0 spiro atoms. The molecule has 2 N–H and O–H groups in total. The smallest absolute Gasteiger partial charge is 0.145 e. The maximum absolute atomic E-state index is 6.03. The second-order valence-electron chi connectivity index (χ2n) is 3.19. The number of halogens is 1. The van der Waals surface area contributed by atoms with Crippen LogP contribution in [-0.4, -0.2) is 18.4 Å². The number of benzene rings is 1. The Morgan fingerprint density at radius 2 is 2.29 bits per heavy atom. The Kier molecular flexibility index (Phi) is 2.70. The van der Waals surface area contributed by atoms with Crippen molar-refractivity contribution in [2.45, 2.75) is 12.5 Å². The van der Waals surface area contributed by atoms with E-state index in [4.69, 9.17) is 22.2 Å². The third-order valence-corrected chi connectivity index (χ3v) is 2.51. The van der Waals surface area contributed by atoms with E-state index in [9.17, 15) is 0 Å². The van der Waals surface area contributed by atoms with Crippen LogP contribution in [-0.2, 0) is 4.84 Å². The molecule has 1 aliphatic rings. The quantitative estimate of drug-likeness (QED) is 0.809. The van der Waals surface area contributed by atoms with Crippen molar-refractivity contribution in [1.82, 2.24) is 0 Å². The molecule has 1 heterocycles. The number of rotatable bonds is 2. The molecule has 4 heteroatoms. The van der Waals surface area contributed by atoms with Gasteiger partial charge in [-0.15, -0.1) is 0 Å². The molecule has 0 bridgehead atoms. The van der Waals surface area contributed by atoms with Gasteiger partial charge in [-0.3, -0.25) is 0 Å². The zero-order valence-corrected chi connectivity index (χ0v) is 8.37. The Hall–Kier alpha value is -1.06. The molecule has 1 atom stereocenters. The van der Waals surface area contributed by atoms with E-state index in [1.165, 1.54) is 0 Å². The SMILES string of the molecule is NCC1CC(c2ccccc2Cl)=NO1. The van der Waals surface area contributed by atoms with Crippen molar-refractivity contribution in [2.24, 2.45) is 10.9 Å². The molecule has 1 unspecified atom stereocenters. The highest BCUT2D eigenvalue weighted by Gasteiger charge is 2.21. The van der Waals surface area contributed by atoms with E-state index in [2.05, 4.69) is 5.16 Å². The first-order valence-corrected chi connectivity index (χ1v) is 4.86. The van der Waals surface area contributed by atoms with E-state index in [0.29, 0.717) is 11.6 Å². The predicted molar refractivity (Wildman–Crippen MR) is 56.5 cm³/mol. The van der Waals surface area contributed by atoms with Crippen LogP contribution in [0.25, 0.3) is 0 Å². The monoisotopic (exact) mass is 210 g/mol. The summed E-state index contributed by atoms with van der Waals surface area (Å²) in [6.07, 6.45) is 0.738. The van der Waals surface area contributed by atoms with Gasteiger partial charge in [0, 0.05) is 23.6 Å². The maximum atomic E-state index is 6.03. The van der Waals surface area contributed by atoms with Crippen LogP contribution in [0.3, 0.4) is 0 Å². The van der Waals surface area contributed by atoms with Crippen LogP contribution in [0.4, 0.5) is 0 Å². The first-order chi connectivity index (χ1) is 6.81. The molecule has 0 fully saturated rings. The van der Waals surface area contributed by atoms with Crippen LogP contribution in [0.15, 0.2) is 29.4 Å². The van der Waals surface area contributed by atoms with Crippen LogP contribution in [0.1, 0.15) is 12.0 Å². The lowest BCUT2D eigenvalue weighted by Crippen LogP contribution is -2.20. The fourth-order valence-electron chi connectivity index (χ4n) is 1.41. The van der Waals surface area contributed by atoms with Gasteiger partial charge in [-0.25, -0.2) is 0 Å². The van der Waals surface area contributed by atoms with Crippen molar-refractivity contribution in [3.63, 3.8) is 0 Å². The Morgan fingerprint density at radius 3 is 2.93 bits per heavy atom. The van der Waals surface area contributed by atoms with Gasteiger partial charge in [-0.2, -0.15) is 0 Å². The van der Waals surface area contributed by atoms with Crippen molar-refractivity contribution in [3.05, 3.63) is 34.9 Å². The Bertz CT molecular complexity index is 365. The van der Waals surface area contributed by atoms with Gasteiger partial charge in [-0.05, 0) is 6.07 Å². The van der Waals surface area contributed by atoms with E-state index in [-0.39, 0.29) is 6.10 Å². The summed E-state index contributed by atoms with van der Waals surface area (Å²) in [5, 5.41) is 4.67. The lowest BCUT2D eigenvalue weighted by atomic mass is 10.1. The molecule has 1 aromatic rings. The first kappa shape index (κ1) is 9.49. The van der Waals surface area contributed by atoms with Gasteiger partial charge in [0.05, 0.1) is 5.71 Å². The summed E-state index contributed by atoms with van der Waals surface area (Å²) in [7, 11) is 0. The molecule has 0 amide bonds. The number of hydrogen-bond donors (Lipinski definition) is 1. The van der Waals surface area contributed by atoms with E-state index >= 15 is 0 Å². The van der Waals surface area contributed by atoms with Crippen LogP contribution < -0.4 is 5.73 Å². The number of nitrogens with two attached hydrogens (primary N) is 1. The van der Waals surface area contributed by atoms with Gasteiger partial charge >= 0.3 is 0 Å². The summed E-state index contributed by atoms with van der Waals surface area (Å²) in [6, 6.07) is 7.60. The minimum absolute atomic E-state index is 0.00118. The zero-order chi connectivity index (χ0) is 9.97. The van der Waals surface area contributed by atoms with Crippen LogP contribution >= 0.6 is 11.6 Å². The summed E-state index contributed by atoms with van der Waals surface area (Å²) < 4.78 is 0. The van der Waals surface area contributed by atoms with E-state index in [1.54, 1.807) is 0 Å². The van der Waals surface area contributed by atoms with Crippen LogP contribution in [0.2, 0.25) is 5.02 Å². The third-order valence-electron chi connectivity index (χ3n) is 2.18. The zero-order valence-electron chi connectivity index (χ0n) is 7.61. The molecule has 1 aliphatic heterocycles. The number of oxime groups is 1. The van der Waals surface area contributed by atoms with Crippen molar-refractivity contribution in [2.75, 3.05) is 6.54 Å². The molecule has 0 saturated carbocycles. The Morgan fingerprint density at radius 1 is 1.50 bits per heavy atom. The topological polar surface area (TPSA) is 47.6 Å². The molecule has 2 rings (SSSR count). The van der Waals surface area contributed by atoms with Crippen molar-refractivity contribution < 1.29 is 4.84 Å². The molecule has 0 aromatic heterocycles. The lowest BCUT2D eigenvalue weighted by molar-refractivity contribution is 0.0918. The highest BCUT2D eigenvalue weighted by Crippen LogP contribution is 2.22. The summed E-state index contributed by atoms with van der Waals surface area (Å²) in [5.74, 6) is 0. The van der Waals surface area contributed by atoms with Gasteiger partial charge in [0.2, 0.25) is 0 Å². The standard InChI is InChI=1S/C10H11ClN2O/c11-9-4-2-1-3-8(9)10-5-7(6-12)14-13-10/h1-4,7H,5-6,12H2. The summed E-state index contributed by atoms with van der Waals surface area (Å²) in [5.41, 5.74) is 7.30. The second kappa shape index (κ2) is 3.98. The van der Waals surface area contributed by atoms with E-state index in [0.717, 1.165) is 17.7 Å². The molecule has 0 saturated heterocycles. The largest absolute Gasteiger partial charge is 0.390 e. The summed E-state index contributed by atoms with van der Waals surface area (Å²) in [6.45, 7) is 0.484. The Labute approximate surface area is 87.5 Å². The maximum Gasteiger partial charge on any atom is 0.145 e. The molecular formula is C10H11ClN2O. The molecular weight excluding hydrogens is 200 g/mol. The van der Waals surface area contributed by atoms with Gasteiger partial charge in [0.1, 0.15) is 6.10 Å². The second-order valence-corrected chi connectivity index (χ2v) is 3.59. The van der Waals surface area contributed by atoms with E-state index in [1.807, 2.05) is 24.3 Å².